The first-order valence-electron chi connectivity index (χ1n) is 8.05. The normalized spacial score (nSPS) is 15.7. The molecule has 0 heterocycles. The van der Waals surface area contributed by atoms with Crippen LogP contribution in [0.15, 0.2) is 12.2 Å². The zero-order valence-corrected chi connectivity index (χ0v) is 17.1. The van der Waals surface area contributed by atoms with Crippen LogP contribution in [0.4, 0.5) is 43.9 Å². The van der Waals surface area contributed by atoms with Crippen molar-refractivity contribution in [2.45, 2.75) is 55.6 Å². The summed E-state index contributed by atoms with van der Waals surface area (Å²) >= 11 is 0. The van der Waals surface area contributed by atoms with Gasteiger partial charge in [0.1, 0.15) is 5.57 Å². The van der Waals surface area contributed by atoms with Gasteiger partial charge in [-0.2, -0.15) is 43.9 Å². The fraction of sp³-hybridized carbons (Fsp3) is 0.714. The predicted octanol–water partition coefficient (Wildman–Crippen LogP) is 2.61. The summed E-state index contributed by atoms with van der Waals surface area (Å²) in [4.78, 5) is 23.5. The number of nitrogens with one attached hydrogen (secondary N) is 1. The van der Waals surface area contributed by atoms with E-state index >= 15 is 0 Å². The van der Waals surface area contributed by atoms with Gasteiger partial charge in [0.25, 0.3) is 0 Å². The third kappa shape index (κ3) is 6.92. The fourth-order valence-corrected chi connectivity index (χ4v) is 2.19. The molecule has 0 aliphatic rings. The summed E-state index contributed by atoms with van der Waals surface area (Å²) < 4.78 is 170. The van der Waals surface area contributed by atoms with E-state index in [0.717, 1.165) is 13.8 Å². The first-order valence-corrected chi connectivity index (χ1v) is 9.46. The lowest BCUT2D eigenvalue weighted by Gasteiger charge is -2.35. The Balaban J connectivity index is 6.25. The van der Waals surface area contributed by atoms with Crippen LogP contribution in [0.2, 0.25) is 0 Å². The molecule has 33 heavy (non-hydrogen) atoms. The summed E-state index contributed by atoms with van der Waals surface area (Å²) in [5.74, 6) is -16.5. The Bertz CT molecular complexity index is 867. The molecule has 0 fully saturated rings. The summed E-state index contributed by atoms with van der Waals surface area (Å²) in [6, 6.07) is -1.25. The van der Waals surface area contributed by atoms with E-state index in [9.17, 15) is 66.5 Å². The second-order valence-corrected chi connectivity index (χ2v) is 7.80. The van der Waals surface area contributed by atoms with Gasteiger partial charge < -0.3 is 19.3 Å². The summed E-state index contributed by atoms with van der Waals surface area (Å²) in [5.41, 5.74) is -2.59. The molecule has 0 aliphatic carbocycles. The Morgan fingerprint density at radius 3 is 1.79 bits per heavy atom. The number of hydrogen-bond acceptors (Lipinski definition) is 7. The smallest absolute Gasteiger partial charge is 0.466 e. The molecule has 1 atom stereocenters. The van der Waals surface area contributed by atoms with Gasteiger partial charge in [0.2, 0.25) is 0 Å². The highest BCUT2D eigenvalue weighted by molar-refractivity contribution is 7.86. The molecule has 1 unspecified atom stereocenters. The molecule has 0 aromatic heterocycles. The van der Waals surface area contributed by atoms with Crippen molar-refractivity contribution < 1.29 is 75.9 Å². The highest BCUT2D eigenvalue weighted by atomic mass is 32.2. The van der Waals surface area contributed by atoms with E-state index in [-0.39, 0.29) is 0 Å². The highest BCUT2D eigenvalue weighted by Crippen LogP contribution is 2.42. The van der Waals surface area contributed by atoms with Crippen LogP contribution < -0.4 is 5.32 Å². The van der Waals surface area contributed by atoms with Crippen LogP contribution in [0.5, 0.6) is 0 Å². The number of ether oxygens (including phenoxy) is 2. The summed E-state index contributed by atoms with van der Waals surface area (Å²) in [7, 11) is -7.05. The Kier molecular flexibility index (Phi) is 8.98. The monoisotopic (exact) mass is 530 g/mol. The third-order valence-corrected chi connectivity index (χ3v) is 4.30. The fourth-order valence-electron chi connectivity index (χ4n) is 1.73. The maximum Gasteiger partial charge on any atom is 0.466 e. The van der Waals surface area contributed by atoms with E-state index in [4.69, 9.17) is 0 Å². The van der Waals surface area contributed by atoms with Crippen molar-refractivity contribution in [1.29, 1.82) is 0 Å². The molecular formula is C14H14F10NO7S-. The Morgan fingerprint density at radius 2 is 1.45 bits per heavy atom. The van der Waals surface area contributed by atoms with Crippen molar-refractivity contribution in [2.24, 2.45) is 0 Å². The van der Waals surface area contributed by atoms with Crippen LogP contribution in [-0.2, 0) is 29.2 Å². The third-order valence-electron chi connectivity index (χ3n) is 3.38. The molecule has 0 radical (unpaired) electrons. The average Bonchev–Trinajstić information content (AvgIpc) is 2.56. The molecule has 8 nitrogen and oxygen atoms in total. The lowest BCUT2D eigenvalue weighted by Crippen LogP contribution is -2.63. The van der Waals surface area contributed by atoms with E-state index in [1.165, 1.54) is 5.32 Å². The van der Waals surface area contributed by atoms with E-state index in [0.29, 0.717) is 0 Å². The van der Waals surface area contributed by atoms with Gasteiger partial charge in [-0.05, 0) is 13.8 Å². The number of carbonyl (C=O) groups is 2. The molecule has 194 valence electrons. The zero-order chi connectivity index (χ0) is 26.8. The first kappa shape index (κ1) is 30.9. The summed E-state index contributed by atoms with van der Waals surface area (Å²) in [6.45, 7) is 1.76. The van der Waals surface area contributed by atoms with E-state index < -0.39 is 76.0 Å². The number of carbonyl (C=O) groups excluding carboxylic acids is 2. The molecule has 0 saturated heterocycles. The molecule has 19 heteroatoms. The minimum Gasteiger partial charge on any atom is -0.743 e. The van der Waals surface area contributed by atoms with Gasteiger partial charge >= 0.3 is 41.2 Å². The largest absolute Gasteiger partial charge is 0.743 e. The van der Waals surface area contributed by atoms with Crippen molar-refractivity contribution >= 4 is 22.0 Å². The van der Waals surface area contributed by atoms with Crippen LogP contribution in [0.1, 0.15) is 20.3 Å². The zero-order valence-electron chi connectivity index (χ0n) is 16.2. The Labute approximate surface area is 178 Å². The maximum atomic E-state index is 13.6. The molecule has 0 aromatic carbocycles. The molecule has 0 saturated carbocycles. The van der Waals surface area contributed by atoms with Gasteiger partial charge in [-0.3, -0.25) is 4.79 Å². The molecule has 0 rings (SSSR count). The molecule has 1 N–H and O–H groups in total. The standard InChI is InChI=1S/C14H15F10NO7S/c1-6(2)25-9(27)11(13(20,21)22,32-8(26)7(3)12(17,18)19)31-5-4-10(15,16)14(23,24)33(28,29)30/h6H,3-5H2,1-2H3,(H,25,27)(H,28,29,30)/p-1. The number of amides is 1. The summed E-state index contributed by atoms with van der Waals surface area (Å²) in [6.07, 6.45) is -14.7. The lowest BCUT2D eigenvalue weighted by molar-refractivity contribution is -0.350. The second-order valence-electron chi connectivity index (χ2n) is 6.38. The predicted molar refractivity (Wildman–Crippen MR) is 83.5 cm³/mol. The number of halogens is 10. The molecule has 0 aliphatic heterocycles. The highest BCUT2D eigenvalue weighted by Gasteiger charge is 2.68. The maximum absolute atomic E-state index is 13.6. The molecule has 0 aromatic rings. The topological polar surface area (TPSA) is 122 Å². The van der Waals surface area contributed by atoms with Crippen molar-refractivity contribution in [3.05, 3.63) is 12.2 Å². The van der Waals surface area contributed by atoms with E-state index in [2.05, 4.69) is 16.1 Å². The van der Waals surface area contributed by atoms with Gasteiger partial charge in [-0.1, -0.05) is 6.58 Å². The number of alkyl halides is 10. The summed E-state index contributed by atoms with van der Waals surface area (Å²) in [5, 5.41) is -4.93. The SMILES string of the molecule is C=C(C(=O)OC(OCCC(F)(F)C(F)(F)S(=O)(=O)[O-])(C(=O)NC(C)C)C(F)(F)F)C(F)(F)F. The van der Waals surface area contributed by atoms with Crippen LogP contribution in [0, 0.1) is 0 Å². The number of esters is 1. The first-order chi connectivity index (χ1) is 14.3. The van der Waals surface area contributed by atoms with Crippen molar-refractivity contribution in [3.8, 4) is 0 Å². The van der Waals surface area contributed by atoms with E-state index in [1.54, 1.807) is 0 Å². The van der Waals surface area contributed by atoms with Crippen molar-refractivity contribution in [1.82, 2.24) is 5.32 Å². The van der Waals surface area contributed by atoms with Crippen molar-refractivity contribution in [2.75, 3.05) is 6.61 Å². The van der Waals surface area contributed by atoms with Gasteiger partial charge in [0, 0.05) is 12.5 Å². The molecular weight excluding hydrogens is 516 g/mol. The molecule has 1 amide bonds. The number of hydrogen-bond donors (Lipinski definition) is 1. The lowest BCUT2D eigenvalue weighted by atomic mass is 10.2. The van der Waals surface area contributed by atoms with Gasteiger partial charge in [-0.15, -0.1) is 0 Å². The quantitative estimate of drug-likeness (QED) is 0.152. The van der Waals surface area contributed by atoms with Crippen LogP contribution >= 0.6 is 0 Å². The van der Waals surface area contributed by atoms with E-state index in [1.807, 2.05) is 0 Å². The minimum absolute atomic E-state index is 1.00. The molecule has 0 bridgehead atoms. The van der Waals surface area contributed by atoms with Crippen LogP contribution in [-0.4, -0.2) is 66.8 Å². The minimum atomic E-state index is -7.05. The van der Waals surface area contributed by atoms with Gasteiger partial charge in [-0.25, -0.2) is 13.2 Å². The Morgan fingerprint density at radius 1 is 1.00 bits per heavy atom. The van der Waals surface area contributed by atoms with Gasteiger partial charge in [0.15, 0.2) is 10.1 Å². The van der Waals surface area contributed by atoms with Crippen LogP contribution in [0.3, 0.4) is 0 Å². The second kappa shape index (κ2) is 9.61. The molecule has 0 spiro atoms. The van der Waals surface area contributed by atoms with Crippen LogP contribution in [0.25, 0.3) is 0 Å². The number of rotatable bonds is 10. The van der Waals surface area contributed by atoms with Gasteiger partial charge in [0.05, 0.1) is 6.61 Å². The van der Waals surface area contributed by atoms with Crippen molar-refractivity contribution in [3.63, 3.8) is 0 Å². The average molecular weight is 530 g/mol. The Hall–Kier alpha value is -2.15.